The summed E-state index contributed by atoms with van der Waals surface area (Å²) < 4.78 is 5.35. The van der Waals surface area contributed by atoms with Gasteiger partial charge in [0.05, 0.1) is 24.7 Å². The molecule has 2 aromatic heterocycles. The number of anilines is 1. The number of amides is 2. The van der Waals surface area contributed by atoms with Gasteiger partial charge in [0.2, 0.25) is 5.91 Å². The monoisotopic (exact) mass is 391 g/mol. The van der Waals surface area contributed by atoms with Crippen LogP contribution >= 0.6 is 0 Å². The lowest BCUT2D eigenvalue weighted by molar-refractivity contribution is -0.117. The predicted octanol–water partition coefficient (Wildman–Crippen LogP) is 2.54. The number of para-hydroxylation sites is 1. The molecule has 2 N–H and O–H groups in total. The van der Waals surface area contributed by atoms with Crippen LogP contribution in [0.2, 0.25) is 0 Å². The van der Waals surface area contributed by atoms with Crippen LogP contribution in [0, 0.1) is 0 Å². The number of rotatable bonds is 6. The molecule has 0 saturated carbocycles. The molecule has 0 aliphatic carbocycles. The molecule has 1 aliphatic rings. The van der Waals surface area contributed by atoms with E-state index in [2.05, 4.69) is 20.5 Å². The lowest BCUT2D eigenvalue weighted by atomic mass is 10.1. The first-order valence-electron chi connectivity index (χ1n) is 9.37. The number of hydrogen-bond donors (Lipinski definition) is 2. The molecule has 1 fully saturated rings. The van der Waals surface area contributed by atoms with E-state index in [4.69, 9.17) is 4.74 Å². The zero-order valence-electron chi connectivity index (χ0n) is 16.0. The minimum absolute atomic E-state index is 0.106. The first-order valence-corrected chi connectivity index (χ1v) is 9.37. The van der Waals surface area contributed by atoms with E-state index in [1.54, 1.807) is 30.5 Å². The van der Waals surface area contributed by atoms with Gasteiger partial charge in [-0.3, -0.25) is 19.7 Å². The van der Waals surface area contributed by atoms with Crippen molar-refractivity contribution in [2.45, 2.75) is 19.4 Å². The van der Waals surface area contributed by atoms with Crippen molar-refractivity contribution in [1.29, 1.82) is 0 Å². The summed E-state index contributed by atoms with van der Waals surface area (Å²) in [5.41, 5.74) is 3.37. The number of nitrogens with one attached hydrogen (secondary N) is 2. The lowest BCUT2D eigenvalue weighted by Crippen LogP contribution is -2.25. The highest BCUT2D eigenvalue weighted by Crippen LogP contribution is 2.28. The lowest BCUT2D eigenvalue weighted by Gasteiger charge is -2.16. The molecule has 1 aliphatic heterocycles. The number of aromatic amines is 1. The second kappa shape index (κ2) is 8.14. The molecular weight excluding hydrogens is 370 g/mol. The second-order valence-electron chi connectivity index (χ2n) is 6.75. The molecule has 0 unspecified atom stereocenters. The van der Waals surface area contributed by atoms with E-state index in [-0.39, 0.29) is 11.8 Å². The van der Waals surface area contributed by atoms with Crippen LogP contribution in [0.15, 0.2) is 48.8 Å². The van der Waals surface area contributed by atoms with Gasteiger partial charge in [0, 0.05) is 31.3 Å². The van der Waals surface area contributed by atoms with Crippen molar-refractivity contribution in [2.75, 3.05) is 18.6 Å². The van der Waals surface area contributed by atoms with Crippen molar-refractivity contribution in [3.63, 3.8) is 0 Å². The molecular formula is C21H21N5O3. The number of methoxy groups -OCH3 is 1. The van der Waals surface area contributed by atoms with Gasteiger partial charge in [-0.05, 0) is 36.2 Å². The minimum Gasteiger partial charge on any atom is -0.496 e. The van der Waals surface area contributed by atoms with E-state index in [0.29, 0.717) is 36.6 Å². The Bertz CT molecular complexity index is 1050. The third-order valence-electron chi connectivity index (χ3n) is 4.82. The molecule has 148 valence electrons. The maximum Gasteiger partial charge on any atom is 0.269 e. The summed E-state index contributed by atoms with van der Waals surface area (Å²) in [6, 6.07) is 11.1. The van der Waals surface area contributed by atoms with Crippen LogP contribution < -0.4 is 15.0 Å². The van der Waals surface area contributed by atoms with Crippen LogP contribution in [-0.4, -0.2) is 40.7 Å². The molecule has 3 heterocycles. The number of hydrogen-bond acceptors (Lipinski definition) is 5. The van der Waals surface area contributed by atoms with Crippen LogP contribution in [-0.2, 0) is 11.3 Å². The van der Waals surface area contributed by atoms with E-state index >= 15 is 0 Å². The van der Waals surface area contributed by atoms with Gasteiger partial charge < -0.3 is 15.0 Å². The molecule has 4 rings (SSSR count). The zero-order valence-corrected chi connectivity index (χ0v) is 16.0. The summed E-state index contributed by atoms with van der Waals surface area (Å²) in [5, 5.41) is 9.84. The first-order chi connectivity index (χ1) is 14.2. The molecule has 29 heavy (non-hydrogen) atoms. The number of H-pyrrole nitrogens is 1. The van der Waals surface area contributed by atoms with Crippen molar-refractivity contribution in [3.8, 4) is 17.0 Å². The van der Waals surface area contributed by atoms with E-state index in [1.165, 1.54) is 0 Å². The Balaban J connectivity index is 1.43. The topological polar surface area (TPSA) is 100 Å². The Morgan fingerprint density at radius 2 is 2.14 bits per heavy atom. The number of pyridine rings is 1. The molecule has 0 radical (unpaired) electrons. The number of benzene rings is 1. The van der Waals surface area contributed by atoms with Gasteiger partial charge >= 0.3 is 0 Å². The van der Waals surface area contributed by atoms with E-state index in [1.807, 2.05) is 30.3 Å². The summed E-state index contributed by atoms with van der Waals surface area (Å²) in [7, 11) is 1.59. The van der Waals surface area contributed by atoms with E-state index in [0.717, 1.165) is 23.2 Å². The highest BCUT2D eigenvalue weighted by molar-refractivity contribution is 5.95. The minimum atomic E-state index is -0.277. The Hall–Kier alpha value is -3.68. The fourth-order valence-electron chi connectivity index (χ4n) is 3.35. The van der Waals surface area contributed by atoms with Crippen LogP contribution in [0.25, 0.3) is 11.3 Å². The Morgan fingerprint density at radius 1 is 1.28 bits per heavy atom. The van der Waals surface area contributed by atoms with Crippen LogP contribution in [0.5, 0.6) is 5.75 Å². The fraction of sp³-hybridized carbons (Fsp3) is 0.238. The predicted molar refractivity (Wildman–Crippen MR) is 108 cm³/mol. The zero-order chi connectivity index (χ0) is 20.2. The SMILES string of the molecule is COc1ccccc1-c1cc(C(=O)NCc2cncc(N3CCCC3=O)c2)[nH]n1. The molecule has 8 heteroatoms. The highest BCUT2D eigenvalue weighted by atomic mass is 16.5. The fourth-order valence-corrected chi connectivity index (χ4v) is 3.35. The molecule has 0 atom stereocenters. The standard InChI is InChI=1S/C21H21N5O3/c1-29-19-6-3-2-5-16(19)17-10-18(25-24-17)21(28)23-12-14-9-15(13-22-11-14)26-8-4-7-20(26)27/h2-3,5-6,9-11,13H,4,7-8,12H2,1H3,(H,23,28)(H,24,25). The maximum atomic E-state index is 12.5. The summed E-state index contributed by atoms with van der Waals surface area (Å²) in [6.45, 7) is 1.00. The van der Waals surface area contributed by atoms with Gasteiger partial charge in [-0.15, -0.1) is 0 Å². The molecule has 0 bridgehead atoms. The van der Waals surface area contributed by atoms with Crippen molar-refractivity contribution in [1.82, 2.24) is 20.5 Å². The molecule has 0 spiro atoms. The number of nitrogens with zero attached hydrogens (tertiary/aromatic N) is 3. The number of carbonyl (C=O) groups is 2. The molecule has 8 nitrogen and oxygen atoms in total. The average molecular weight is 391 g/mol. The smallest absolute Gasteiger partial charge is 0.269 e. The van der Waals surface area contributed by atoms with E-state index in [9.17, 15) is 9.59 Å². The summed E-state index contributed by atoms with van der Waals surface area (Å²) in [6.07, 6.45) is 4.77. The molecule has 1 saturated heterocycles. The van der Waals surface area contributed by atoms with E-state index < -0.39 is 0 Å². The Kier molecular flexibility index (Phi) is 5.24. The van der Waals surface area contributed by atoms with Crippen molar-refractivity contribution >= 4 is 17.5 Å². The number of aromatic nitrogens is 3. The number of carbonyl (C=O) groups excluding carboxylic acids is 2. The Morgan fingerprint density at radius 3 is 2.93 bits per heavy atom. The van der Waals surface area contributed by atoms with Crippen LogP contribution in [0.4, 0.5) is 5.69 Å². The third-order valence-corrected chi connectivity index (χ3v) is 4.82. The largest absolute Gasteiger partial charge is 0.496 e. The van der Waals surface area contributed by atoms with Crippen LogP contribution in [0.1, 0.15) is 28.9 Å². The highest BCUT2D eigenvalue weighted by Gasteiger charge is 2.22. The summed E-state index contributed by atoms with van der Waals surface area (Å²) in [4.78, 5) is 30.3. The third kappa shape index (κ3) is 3.96. The van der Waals surface area contributed by atoms with Crippen LogP contribution in [0.3, 0.4) is 0 Å². The van der Waals surface area contributed by atoms with Crippen molar-refractivity contribution in [2.24, 2.45) is 0 Å². The summed E-state index contributed by atoms with van der Waals surface area (Å²) in [5.74, 6) is 0.515. The number of ether oxygens (including phenoxy) is 1. The average Bonchev–Trinajstić information content (AvgIpc) is 3.41. The molecule has 3 aromatic rings. The van der Waals surface area contributed by atoms with Crippen molar-refractivity contribution in [3.05, 3.63) is 60.0 Å². The van der Waals surface area contributed by atoms with Gasteiger partial charge in [0.15, 0.2) is 0 Å². The van der Waals surface area contributed by atoms with Gasteiger partial charge in [-0.1, -0.05) is 12.1 Å². The molecule has 1 aromatic carbocycles. The quantitative estimate of drug-likeness (QED) is 0.673. The van der Waals surface area contributed by atoms with Crippen molar-refractivity contribution < 1.29 is 14.3 Å². The Labute approximate surface area is 167 Å². The molecule has 2 amide bonds. The second-order valence-corrected chi connectivity index (χ2v) is 6.75. The van der Waals surface area contributed by atoms with Gasteiger partial charge in [-0.25, -0.2) is 0 Å². The maximum absolute atomic E-state index is 12.5. The normalized spacial score (nSPS) is 13.6. The van der Waals surface area contributed by atoms with Gasteiger partial charge in [0.25, 0.3) is 5.91 Å². The van der Waals surface area contributed by atoms with Gasteiger partial charge in [0.1, 0.15) is 11.4 Å². The summed E-state index contributed by atoms with van der Waals surface area (Å²) >= 11 is 0. The van der Waals surface area contributed by atoms with Gasteiger partial charge in [-0.2, -0.15) is 5.10 Å². The first kappa shape index (κ1) is 18.7.